The molecule has 0 aromatic rings. The molecule has 0 heterocycles. The van der Waals surface area contributed by atoms with Crippen molar-refractivity contribution >= 4 is 0 Å². The molecule has 0 aromatic heterocycles. The molecule has 0 amide bonds. The minimum absolute atomic E-state index is 0.102. The van der Waals surface area contributed by atoms with Crippen molar-refractivity contribution in [2.45, 2.75) is 239 Å². The van der Waals surface area contributed by atoms with E-state index in [-0.39, 0.29) is 4.65 Å². The van der Waals surface area contributed by atoms with Gasteiger partial charge in [-0.15, -0.1) is 0 Å². The van der Waals surface area contributed by atoms with Gasteiger partial charge in [0.05, 0.1) is 19.6 Å². The highest BCUT2D eigenvalue weighted by Crippen LogP contribution is 2.18. The highest BCUT2D eigenvalue weighted by molar-refractivity contribution is 4.54. The lowest BCUT2D eigenvalue weighted by Gasteiger charge is -2.43. The summed E-state index contributed by atoms with van der Waals surface area (Å²) in [5, 5.41) is 13.5. The van der Waals surface area contributed by atoms with Crippen molar-refractivity contribution in [2.24, 2.45) is 0 Å². The topological polar surface area (TPSA) is 23.1 Å². The first kappa shape index (κ1) is 41.9. The molecule has 0 rings (SSSR count). The van der Waals surface area contributed by atoms with Crippen LogP contribution in [-0.4, -0.2) is 24.3 Å². The van der Waals surface area contributed by atoms with E-state index in [0.29, 0.717) is 0 Å². The number of nitrogens with zero attached hydrogens (tertiary/aromatic N) is 1. The van der Waals surface area contributed by atoms with E-state index in [1.807, 2.05) is 0 Å². The van der Waals surface area contributed by atoms with E-state index in [4.69, 9.17) is 0 Å². The summed E-state index contributed by atoms with van der Waals surface area (Å²) in [7, 11) is 0. The van der Waals surface area contributed by atoms with Gasteiger partial charge < -0.3 is 9.85 Å². The van der Waals surface area contributed by atoms with Crippen molar-refractivity contribution in [3.63, 3.8) is 0 Å². The van der Waals surface area contributed by atoms with Gasteiger partial charge in [-0.25, -0.2) is 0 Å². The maximum atomic E-state index is 13.5. The van der Waals surface area contributed by atoms with Crippen LogP contribution >= 0.6 is 0 Å². The van der Waals surface area contributed by atoms with E-state index < -0.39 is 0 Å². The standard InChI is InChI=1S/C40H83NO/c1-4-7-10-12-14-16-18-20-22-24-26-28-30-32-34-36-39-41(42,38-9-6-3)40-37-35-33-31-29-27-25-23-21-19-17-15-13-11-8-5-2/h4-40H2,1-3H3. The predicted octanol–water partition coefficient (Wildman–Crippen LogP) is 14.6. The quantitative estimate of drug-likeness (QED) is 0.0399. The normalized spacial score (nSPS) is 12.0. The average Bonchev–Trinajstić information content (AvgIpc) is 2.99. The summed E-state index contributed by atoms with van der Waals surface area (Å²) in [6.45, 7) is 9.43. The van der Waals surface area contributed by atoms with Gasteiger partial charge in [-0.1, -0.05) is 207 Å². The van der Waals surface area contributed by atoms with Crippen LogP contribution in [0.25, 0.3) is 0 Å². The molecule has 0 N–H and O–H groups in total. The third-order valence-electron chi connectivity index (χ3n) is 9.76. The first-order valence-electron chi connectivity index (χ1n) is 20.3. The summed E-state index contributed by atoms with van der Waals surface area (Å²) in [4.78, 5) is 0. The van der Waals surface area contributed by atoms with Crippen LogP contribution in [0.3, 0.4) is 0 Å². The Morgan fingerprint density at radius 1 is 0.238 bits per heavy atom. The first-order chi connectivity index (χ1) is 20.7. The Morgan fingerprint density at radius 3 is 0.619 bits per heavy atom. The average molecular weight is 594 g/mol. The van der Waals surface area contributed by atoms with Crippen molar-refractivity contribution < 1.29 is 4.65 Å². The largest absolute Gasteiger partial charge is 0.633 e. The monoisotopic (exact) mass is 594 g/mol. The molecule has 0 aliphatic rings. The summed E-state index contributed by atoms with van der Waals surface area (Å²) in [6.07, 6.45) is 47.0. The van der Waals surface area contributed by atoms with E-state index in [0.717, 1.165) is 45.3 Å². The fourth-order valence-electron chi connectivity index (χ4n) is 6.68. The van der Waals surface area contributed by atoms with Crippen LogP contribution < -0.4 is 0 Å². The molecule has 0 fully saturated rings. The molecule has 0 aliphatic heterocycles. The second-order valence-electron chi connectivity index (χ2n) is 14.2. The Hall–Kier alpha value is -0.0800. The van der Waals surface area contributed by atoms with E-state index >= 15 is 0 Å². The van der Waals surface area contributed by atoms with Gasteiger partial charge in [0.1, 0.15) is 0 Å². The molecule has 0 saturated carbocycles. The van der Waals surface area contributed by atoms with Crippen LogP contribution in [0.2, 0.25) is 0 Å². The molecule has 2 heteroatoms. The molecule has 0 aromatic carbocycles. The van der Waals surface area contributed by atoms with Gasteiger partial charge in [-0.05, 0) is 32.1 Å². The summed E-state index contributed by atoms with van der Waals surface area (Å²) in [6, 6.07) is 0. The molecule has 254 valence electrons. The molecule has 0 atom stereocenters. The lowest BCUT2D eigenvalue weighted by Crippen LogP contribution is -2.44. The fourth-order valence-corrected chi connectivity index (χ4v) is 6.68. The van der Waals surface area contributed by atoms with Crippen LogP contribution in [0.1, 0.15) is 239 Å². The Kier molecular flexibility index (Phi) is 35.3. The van der Waals surface area contributed by atoms with Crippen molar-refractivity contribution in [3.8, 4) is 0 Å². The van der Waals surface area contributed by atoms with Crippen LogP contribution in [0.15, 0.2) is 0 Å². The van der Waals surface area contributed by atoms with Gasteiger partial charge in [0.15, 0.2) is 0 Å². The molecule has 0 unspecified atom stereocenters. The minimum atomic E-state index is 0.102. The van der Waals surface area contributed by atoms with E-state index in [1.165, 1.54) is 193 Å². The molecule has 0 aliphatic carbocycles. The maximum Gasteiger partial charge on any atom is 0.0783 e. The lowest BCUT2D eigenvalue weighted by atomic mass is 10.0. The number of hydrogen-bond donors (Lipinski definition) is 0. The van der Waals surface area contributed by atoms with E-state index in [9.17, 15) is 5.21 Å². The molecule has 0 bridgehead atoms. The number of quaternary nitrogens is 1. The van der Waals surface area contributed by atoms with Crippen LogP contribution in [0.5, 0.6) is 0 Å². The zero-order valence-electron chi connectivity index (χ0n) is 30.0. The van der Waals surface area contributed by atoms with Crippen LogP contribution in [0.4, 0.5) is 0 Å². The van der Waals surface area contributed by atoms with Crippen LogP contribution in [0, 0.1) is 5.21 Å². The third kappa shape index (κ3) is 32.8. The Bertz CT molecular complexity index is 442. The van der Waals surface area contributed by atoms with E-state index in [1.54, 1.807) is 0 Å². The van der Waals surface area contributed by atoms with Crippen molar-refractivity contribution in [3.05, 3.63) is 5.21 Å². The predicted molar refractivity (Wildman–Crippen MR) is 192 cm³/mol. The van der Waals surface area contributed by atoms with Crippen molar-refractivity contribution in [2.75, 3.05) is 19.6 Å². The van der Waals surface area contributed by atoms with Gasteiger partial charge in [0, 0.05) is 0 Å². The molecule has 42 heavy (non-hydrogen) atoms. The molecular formula is C40H83NO. The van der Waals surface area contributed by atoms with Gasteiger partial charge in [-0.2, -0.15) is 0 Å². The Morgan fingerprint density at radius 2 is 0.405 bits per heavy atom. The van der Waals surface area contributed by atoms with Gasteiger partial charge in [-0.3, -0.25) is 0 Å². The Labute approximate surface area is 268 Å². The smallest absolute Gasteiger partial charge is 0.0783 e. The number of unbranched alkanes of at least 4 members (excludes halogenated alkanes) is 31. The minimum Gasteiger partial charge on any atom is -0.633 e. The Balaban J connectivity index is 3.58. The second kappa shape index (κ2) is 35.4. The lowest BCUT2D eigenvalue weighted by molar-refractivity contribution is -0.881. The van der Waals surface area contributed by atoms with Gasteiger partial charge in [0.2, 0.25) is 0 Å². The third-order valence-corrected chi connectivity index (χ3v) is 9.76. The molecular weight excluding hydrogens is 510 g/mol. The summed E-state index contributed by atoms with van der Waals surface area (Å²) < 4.78 is 0.102. The van der Waals surface area contributed by atoms with Crippen molar-refractivity contribution in [1.82, 2.24) is 0 Å². The molecule has 2 nitrogen and oxygen atoms in total. The summed E-state index contributed by atoms with van der Waals surface area (Å²) in [5.74, 6) is 0. The number of rotatable bonds is 37. The number of hydroxylamine groups is 3. The first-order valence-corrected chi connectivity index (χ1v) is 20.3. The number of hydrogen-bond acceptors (Lipinski definition) is 1. The molecule has 0 radical (unpaired) electrons. The highest BCUT2D eigenvalue weighted by Gasteiger charge is 2.15. The summed E-state index contributed by atoms with van der Waals surface area (Å²) >= 11 is 0. The maximum absolute atomic E-state index is 13.5. The van der Waals surface area contributed by atoms with Gasteiger partial charge in [0.25, 0.3) is 0 Å². The SMILES string of the molecule is CCCCCCCCCCCCCCCCCC[N+]([O-])(CCCC)CCCCCCCCCCCCCCCCCC. The van der Waals surface area contributed by atoms with Gasteiger partial charge >= 0.3 is 0 Å². The van der Waals surface area contributed by atoms with E-state index in [2.05, 4.69) is 20.8 Å². The molecule has 0 saturated heterocycles. The zero-order chi connectivity index (χ0) is 30.7. The highest BCUT2D eigenvalue weighted by atomic mass is 16.5. The zero-order valence-corrected chi connectivity index (χ0v) is 30.0. The second-order valence-corrected chi connectivity index (χ2v) is 14.2. The fraction of sp³-hybridized carbons (Fsp3) is 1.00. The molecule has 0 spiro atoms. The summed E-state index contributed by atoms with van der Waals surface area (Å²) in [5.41, 5.74) is 0. The van der Waals surface area contributed by atoms with Crippen LogP contribution in [-0.2, 0) is 0 Å². The van der Waals surface area contributed by atoms with Crippen molar-refractivity contribution in [1.29, 1.82) is 0 Å².